The molecule has 0 aliphatic carbocycles. The number of carbonyl (C=O) groups excluding carboxylic acids is 2. The molecular weight excluding hydrogens is 299 g/mol. The summed E-state index contributed by atoms with van der Waals surface area (Å²) in [5.41, 5.74) is 0.806. The topological polar surface area (TPSA) is 70.6 Å². The Morgan fingerprint density at radius 1 is 1.23 bits per heavy atom. The van der Waals surface area contributed by atoms with Gasteiger partial charge in [0.05, 0.1) is 11.8 Å². The number of carbonyl (C=O) groups is 2. The van der Waals surface area contributed by atoms with E-state index >= 15 is 0 Å². The van der Waals surface area contributed by atoms with Crippen LogP contribution >= 0.6 is 0 Å². The standard InChI is InChI=1S/C14H16F3N3O2/c1-2-3-8-18-12(21)13(22)20-19-9-10-6-4-5-7-11(10)14(15,16)17/h4-7,9H,2-3,8H2,1H3,(H,18,21)(H,20,22)/b19-9-. The molecular formula is C14H16F3N3O2. The summed E-state index contributed by atoms with van der Waals surface area (Å²) >= 11 is 0. The fourth-order valence-electron chi connectivity index (χ4n) is 1.54. The number of hydrogen-bond donors (Lipinski definition) is 2. The molecule has 120 valence electrons. The number of unbranched alkanes of at least 4 members (excludes halogenated alkanes) is 1. The van der Waals surface area contributed by atoms with Gasteiger partial charge in [0.1, 0.15) is 0 Å². The smallest absolute Gasteiger partial charge is 0.348 e. The number of rotatable bonds is 5. The Morgan fingerprint density at radius 2 is 1.91 bits per heavy atom. The van der Waals surface area contributed by atoms with E-state index in [1.807, 2.05) is 12.3 Å². The maximum absolute atomic E-state index is 12.7. The summed E-state index contributed by atoms with van der Waals surface area (Å²) in [5.74, 6) is -1.91. The summed E-state index contributed by atoms with van der Waals surface area (Å²) < 4.78 is 38.2. The molecule has 0 heterocycles. The summed E-state index contributed by atoms with van der Waals surface area (Å²) in [6.45, 7) is 2.28. The van der Waals surface area contributed by atoms with Gasteiger partial charge in [0.25, 0.3) is 0 Å². The Balaban J connectivity index is 2.63. The molecule has 0 saturated carbocycles. The molecule has 0 spiro atoms. The minimum absolute atomic E-state index is 0.207. The molecule has 0 saturated heterocycles. The molecule has 0 aromatic heterocycles. The number of amides is 2. The lowest BCUT2D eigenvalue weighted by molar-refractivity contribution is -0.139. The molecule has 0 radical (unpaired) electrons. The van der Waals surface area contributed by atoms with Gasteiger partial charge in [0, 0.05) is 12.1 Å². The van der Waals surface area contributed by atoms with Crippen LogP contribution in [0.5, 0.6) is 0 Å². The van der Waals surface area contributed by atoms with Gasteiger partial charge in [0.2, 0.25) is 0 Å². The van der Waals surface area contributed by atoms with Crippen molar-refractivity contribution in [2.45, 2.75) is 25.9 Å². The van der Waals surface area contributed by atoms with E-state index in [1.165, 1.54) is 18.2 Å². The zero-order chi connectivity index (χ0) is 16.6. The molecule has 2 N–H and O–H groups in total. The van der Waals surface area contributed by atoms with Crippen LogP contribution in [-0.4, -0.2) is 24.6 Å². The molecule has 0 aliphatic rings. The predicted molar refractivity (Wildman–Crippen MR) is 75.1 cm³/mol. The summed E-state index contributed by atoms with van der Waals surface area (Å²) in [5, 5.41) is 5.74. The molecule has 2 amide bonds. The van der Waals surface area contributed by atoms with Gasteiger partial charge >= 0.3 is 18.0 Å². The van der Waals surface area contributed by atoms with Crippen LogP contribution in [0, 0.1) is 0 Å². The van der Waals surface area contributed by atoms with E-state index in [4.69, 9.17) is 0 Å². The third-order valence-electron chi connectivity index (χ3n) is 2.66. The van der Waals surface area contributed by atoms with Gasteiger partial charge < -0.3 is 5.32 Å². The zero-order valence-corrected chi connectivity index (χ0v) is 11.9. The molecule has 1 aromatic carbocycles. The largest absolute Gasteiger partial charge is 0.417 e. The third kappa shape index (κ3) is 5.55. The second kappa shape index (κ2) is 8.16. The number of hydrogen-bond acceptors (Lipinski definition) is 3. The van der Waals surface area contributed by atoms with Crippen LogP contribution in [0.1, 0.15) is 30.9 Å². The summed E-state index contributed by atoms with van der Waals surface area (Å²) in [6.07, 6.45) is -2.10. The first-order valence-electron chi connectivity index (χ1n) is 6.63. The van der Waals surface area contributed by atoms with Crippen LogP contribution in [0.3, 0.4) is 0 Å². The molecule has 0 unspecified atom stereocenters. The minimum atomic E-state index is -4.52. The van der Waals surface area contributed by atoms with Crippen molar-refractivity contribution < 1.29 is 22.8 Å². The molecule has 5 nitrogen and oxygen atoms in total. The SMILES string of the molecule is CCCCNC(=O)C(=O)N/N=C\c1ccccc1C(F)(F)F. The Morgan fingerprint density at radius 3 is 2.55 bits per heavy atom. The maximum Gasteiger partial charge on any atom is 0.417 e. The Kier molecular flexibility index (Phi) is 6.55. The molecule has 0 bridgehead atoms. The molecule has 0 fully saturated rings. The fourth-order valence-corrected chi connectivity index (χ4v) is 1.54. The Hall–Kier alpha value is -2.38. The summed E-state index contributed by atoms with van der Waals surface area (Å²) in [7, 11) is 0. The fraction of sp³-hybridized carbons (Fsp3) is 0.357. The Labute approximate surface area is 125 Å². The van der Waals surface area contributed by atoms with Gasteiger partial charge in [-0.2, -0.15) is 18.3 Å². The quantitative estimate of drug-likeness (QED) is 0.378. The van der Waals surface area contributed by atoms with Gasteiger partial charge in [-0.3, -0.25) is 9.59 Å². The monoisotopic (exact) mass is 315 g/mol. The highest BCUT2D eigenvalue weighted by Crippen LogP contribution is 2.30. The van der Waals surface area contributed by atoms with Crippen molar-refractivity contribution in [3.63, 3.8) is 0 Å². The highest BCUT2D eigenvalue weighted by Gasteiger charge is 2.32. The second-order valence-electron chi connectivity index (χ2n) is 4.39. The predicted octanol–water partition coefficient (Wildman–Crippen LogP) is 2.07. The molecule has 8 heteroatoms. The number of nitrogens with one attached hydrogen (secondary N) is 2. The third-order valence-corrected chi connectivity index (χ3v) is 2.66. The van der Waals surface area contributed by atoms with Crippen LogP contribution in [-0.2, 0) is 15.8 Å². The number of alkyl halides is 3. The van der Waals surface area contributed by atoms with Gasteiger partial charge in [-0.05, 0) is 12.5 Å². The van der Waals surface area contributed by atoms with Gasteiger partial charge in [-0.25, -0.2) is 5.43 Å². The molecule has 1 aromatic rings. The Bertz CT molecular complexity index is 557. The maximum atomic E-state index is 12.7. The highest BCUT2D eigenvalue weighted by molar-refractivity contribution is 6.35. The number of nitrogens with zero attached hydrogens (tertiary/aromatic N) is 1. The van der Waals surface area contributed by atoms with E-state index < -0.39 is 23.6 Å². The summed E-state index contributed by atoms with van der Waals surface area (Å²) in [4.78, 5) is 22.7. The van der Waals surface area contributed by atoms with Crippen LogP contribution in [0.4, 0.5) is 13.2 Å². The van der Waals surface area contributed by atoms with E-state index in [2.05, 4.69) is 10.4 Å². The van der Waals surface area contributed by atoms with E-state index in [1.54, 1.807) is 0 Å². The molecule has 0 aliphatic heterocycles. The summed E-state index contributed by atoms with van der Waals surface area (Å²) in [6, 6.07) is 4.77. The lowest BCUT2D eigenvalue weighted by Gasteiger charge is -2.09. The van der Waals surface area contributed by atoms with E-state index in [9.17, 15) is 22.8 Å². The normalized spacial score (nSPS) is 11.5. The number of halogens is 3. The van der Waals surface area contributed by atoms with E-state index in [0.29, 0.717) is 6.54 Å². The first-order valence-corrected chi connectivity index (χ1v) is 6.63. The van der Waals surface area contributed by atoms with Crippen LogP contribution < -0.4 is 10.7 Å². The average Bonchev–Trinajstić information content (AvgIpc) is 2.46. The average molecular weight is 315 g/mol. The van der Waals surface area contributed by atoms with Crippen molar-refractivity contribution in [3.05, 3.63) is 35.4 Å². The van der Waals surface area contributed by atoms with Crippen LogP contribution in [0.15, 0.2) is 29.4 Å². The van der Waals surface area contributed by atoms with Crippen LogP contribution in [0.25, 0.3) is 0 Å². The molecule has 1 rings (SSSR count). The van der Waals surface area contributed by atoms with Gasteiger partial charge in [-0.1, -0.05) is 31.5 Å². The lowest BCUT2D eigenvalue weighted by Crippen LogP contribution is -2.38. The van der Waals surface area contributed by atoms with E-state index in [0.717, 1.165) is 25.1 Å². The first-order chi connectivity index (χ1) is 10.4. The lowest BCUT2D eigenvalue weighted by atomic mass is 10.1. The van der Waals surface area contributed by atoms with Gasteiger partial charge in [-0.15, -0.1) is 0 Å². The van der Waals surface area contributed by atoms with Gasteiger partial charge in [0.15, 0.2) is 0 Å². The molecule has 22 heavy (non-hydrogen) atoms. The van der Waals surface area contributed by atoms with Crippen molar-refractivity contribution in [1.82, 2.24) is 10.7 Å². The molecule has 0 atom stereocenters. The van der Waals surface area contributed by atoms with E-state index in [-0.39, 0.29) is 5.56 Å². The zero-order valence-electron chi connectivity index (χ0n) is 11.9. The van der Waals surface area contributed by atoms with Crippen molar-refractivity contribution >= 4 is 18.0 Å². The first kappa shape index (κ1) is 17.7. The van der Waals surface area contributed by atoms with Crippen molar-refractivity contribution in [1.29, 1.82) is 0 Å². The van der Waals surface area contributed by atoms with Crippen molar-refractivity contribution in [2.75, 3.05) is 6.54 Å². The van der Waals surface area contributed by atoms with Crippen LogP contribution in [0.2, 0.25) is 0 Å². The number of hydrazone groups is 1. The second-order valence-corrected chi connectivity index (χ2v) is 4.39. The minimum Gasteiger partial charge on any atom is -0.348 e. The highest BCUT2D eigenvalue weighted by atomic mass is 19.4. The number of benzene rings is 1. The van der Waals surface area contributed by atoms with Crippen molar-refractivity contribution in [2.24, 2.45) is 5.10 Å². The van der Waals surface area contributed by atoms with Crippen molar-refractivity contribution in [3.8, 4) is 0 Å².